The molecule has 1 aliphatic rings. The van der Waals surface area contributed by atoms with Crippen LogP contribution in [0.2, 0.25) is 0 Å². The predicted molar refractivity (Wildman–Crippen MR) is 61.5 cm³/mol. The van der Waals surface area contributed by atoms with Crippen LogP contribution >= 0.6 is 0 Å². The highest BCUT2D eigenvalue weighted by molar-refractivity contribution is 5.21. The number of hydrogen-bond acceptors (Lipinski definition) is 2. The minimum Gasteiger partial charge on any atom is -0.396 e. The predicted octanol–water partition coefficient (Wildman–Crippen LogP) is 2.39. The van der Waals surface area contributed by atoms with Crippen LogP contribution in [-0.2, 0) is 0 Å². The van der Waals surface area contributed by atoms with Crippen LogP contribution in [0, 0.1) is 17.0 Å². The third kappa shape index (κ3) is 3.01. The Morgan fingerprint density at radius 2 is 1.88 bits per heavy atom. The molecule has 0 bridgehead atoms. The van der Waals surface area contributed by atoms with E-state index >= 15 is 0 Å². The van der Waals surface area contributed by atoms with E-state index in [2.05, 4.69) is 5.32 Å². The zero-order valence-corrected chi connectivity index (χ0v) is 9.84. The minimum absolute atomic E-state index is 0.000129. The summed E-state index contributed by atoms with van der Waals surface area (Å²) in [4.78, 5) is 0. The number of hydrogen-bond donors (Lipinski definition) is 2. The molecule has 1 aliphatic carbocycles. The van der Waals surface area contributed by atoms with E-state index in [9.17, 15) is 8.78 Å². The van der Waals surface area contributed by atoms with Crippen molar-refractivity contribution in [3.05, 3.63) is 35.4 Å². The fourth-order valence-electron chi connectivity index (χ4n) is 1.88. The van der Waals surface area contributed by atoms with E-state index in [1.807, 2.05) is 6.92 Å². The number of benzene rings is 1. The van der Waals surface area contributed by atoms with E-state index in [-0.39, 0.29) is 18.1 Å². The molecular weight excluding hydrogens is 224 g/mol. The summed E-state index contributed by atoms with van der Waals surface area (Å²) < 4.78 is 26.1. The van der Waals surface area contributed by atoms with Crippen molar-refractivity contribution < 1.29 is 13.9 Å². The zero-order valence-electron chi connectivity index (χ0n) is 9.84. The maximum atomic E-state index is 13.0. The van der Waals surface area contributed by atoms with Gasteiger partial charge < -0.3 is 10.4 Å². The minimum atomic E-state index is -0.558. The van der Waals surface area contributed by atoms with Crippen LogP contribution in [0.3, 0.4) is 0 Å². The zero-order chi connectivity index (χ0) is 12.5. The molecule has 1 fully saturated rings. The summed E-state index contributed by atoms with van der Waals surface area (Å²) in [6.07, 6.45) is 2.03. The van der Waals surface area contributed by atoms with Gasteiger partial charge in [-0.1, -0.05) is 0 Å². The molecule has 0 saturated heterocycles. The van der Waals surface area contributed by atoms with Crippen molar-refractivity contribution in [3.63, 3.8) is 0 Å². The Morgan fingerprint density at radius 1 is 1.29 bits per heavy atom. The van der Waals surface area contributed by atoms with E-state index in [0.717, 1.165) is 18.9 Å². The van der Waals surface area contributed by atoms with Crippen molar-refractivity contribution in [1.82, 2.24) is 5.32 Å². The molecule has 0 amide bonds. The molecule has 94 valence electrons. The summed E-state index contributed by atoms with van der Waals surface area (Å²) in [6, 6.07) is 3.41. The van der Waals surface area contributed by atoms with Gasteiger partial charge in [-0.25, -0.2) is 8.78 Å². The first-order valence-electron chi connectivity index (χ1n) is 5.85. The number of halogens is 2. The van der Waals surface area contributed by atoms with Gasteiger partial charge in [0.05, 0.1) is 0 Å². The average Bonchev–Trinajstić information content (AvgIpc) is 3.05. The quantitative estimate of drug-likeness (QED) is 0.829. The van der Waals surface area contributed by atoms with Crippen molar-refractivity contribution in [1.29, 1.82) is 0 Å². The summed E-state index contributed by atoms with van der Waals surface area (Å²) in [5.41, 5.74) is 0.594. The first kappa shape index (κ1) is 12.5. The molecule has 1 aromatic carbocycles. The first-order chi connectivity index (χ1) is 8.04. The number of aliphatic hydroxyl groups excluding tert-OH is 1. The van der Waals surface area contributed by atoms with Gasteiger partial charge in [0.25, 0.3) is 0 Å². The van der Waals surface area contributed by atoms with Gasteiger partial charge in [0.2, 0.25) is 0 Å². The van der Waals surface area contributed by atoms with Crippen LogP contribution in [0.25, 0.3) is 0 Å². The van der Waals surface area contributed by atoms with E-state index in [1.54, 1.807) is 0 Å². The third-order valence-electron chi connectivity index (χ3n) is 3.46. The van der Waals surface area contributed by atoms with Crippen LogP contribution in [0.5, 0.6) is 0 Å². The van der Waals surface area contributed by atoms with Gasteiger partial charge in [-0.3, -0.25) is 0 Å². The van der Waals surface area contributed by atoms with Crippen molar-refractivity contribution in [2.75, 3.05) is 13.2 Å². The number of aliphatic hydroxyl groups is 1. The smallest absolute Gasteiger partial charge is 0.126 e. The summed E-state index contributed by atoms with van der Waals surface area (Å²) in [6.45, 7) is 2.72. The highest BCUT2D eigenvalue weighted by atomic mass is 19.1. The van der Waals surface area contributed by atoms with Crippen LogP contribution in [0.4, 0.5) is 8.78 Å². The molecule has 0 aromatic heterocycles. The largest absolute Gasteiger partial charge is 0.396 e. The second kappa shape index (κ2) is 4.70. The molecule has 17 heavy (non-hydrogen) atoms. The Labute approximate surface area is 99.7 Å². The fraction of sp³-hybridized carbons (Fsp3) is 0.538. The lowest BCUT2D eigenvalue weighted by Crippen LogP contribution is -2.28. The maximum Gasteiger partial charge on any atom is 0.126 e. The van der Waals surface area contributed by atoms with Gasteiger partial charge >= 0.3 is 0 Å². The lowest BCUT2D eigenvalue weighted by atomic mass is 10.1. The van der Waals surface area contributed by atoms with Crippen molar-refractivity contribution in [2.45, 2.75) is 25.8 Å². The van der Waals surface area contributed by atoms with E-state index < -0.39 is 11.6 Å². The van der Waals surface area contributed by atoms with Gasteiger partial charge in [-0.15, -0.1) is 0 Å². The highest BCUT2D eigenvalue weighted by Crippen LogP contribution is 2.44. The Bertz CT molecular complexity index is 384. The van der Waals surface area contributed by atoms with Gasteiger partial charge in [-0.05, 0) is 37.5 Å². The maximum absolute atomic E-state index is 13.0. The normalized spacial score (nSPS) is 19.1. The topological polar surface area (TPSA) is 32.3 Å². The number of nitrogens with one attached hydrogen (secondary N) is 1. The summed E-state index contributed by atoms with van der Waals surface area (Å²) in [5.74, 6) is -1.12. The fourth-order valence-corrected chi connectivity index (χ4v) is 1.88. The summed E-state index contributed by atoms with van der Waals surface area (Å²) in [7, 11) is 0. The van der Waals surface area contributed by atoms with Crippen LogP contribution < -0.4 is 5.32 Å². The molecule has 0 aliphatic heterocycles. The van der Waals surface area contributed by atoms with Crippen molar-refractivity contribution in [2.24, 2.45) is 5.41 Å². The van der Waals surface area contributed by atoms with Crippen LogP contribution in [-0.4, -0.2) is 18.3 Å². The Hall–Kier alpha value is -1.00. The van der Waals surface area contributed by atoms with Gasteiger partial charge in [-0.2, -0.15) is 0 Å². The molecule has 1 atom stereocenters. The highest BCUT2D eigenvalue weighted by Gasteiger charge is 2.41. The first-order valence-corrected chi connectivity index (χ1v) is 5.85. The number of rotatable bonds is 5. The summed E-state index contributed by atoms with van der Waals surface area (Å²) in [5, 5.41) is 12.4. The molecule has 1 unspecified atom stereocenters. The van der Waals surface area contributed by atoms with E-state index in [4.69, 9.17) is 5.11 Å². The SMILES string of the molecule is CC(NCC1(CO)CC1)c1cc(F)cc(F)c1. The van der Waals surface area contributed by atoms with E-state index in [1.165, 1.54) is 12.1 Å². The lowest BCUT2D eigenvalue weighted by molar-refractivity contribution is 0.204. The molecule has 1 aromatic rings. The molecule has 0 spiro atoms. The van der Waals surface area contributed by atoms with Gasteiger partial charge in [0.1, 0.15) is 11.6 Å². The molecule has 2 N–H and O–H groups in total. The standard InChI is InChI=1S/C13H17F2NO/c1-9(16-7-13(8-17)2-3-13)10-4-11(14)6-12(15)5-10/h4-6,9,16-17H,2-3,7-8H2,1H3. The monoisotopic (exact) mass is 241 g/mol. The summed E-state index contributed by atoms with van der Waals surface area (Å²) >= 11 is 0. The van der Waals surface area contributed by atoms with Crippen LogP contribution in [0.1, 0.15) is 31.4 Å². The molecule has 0 radical (unpaired) electrons. The second-order valence-corrected chi connectivity index (χ2v) is 4.96. The molecular formula is C13H17F2NO. The molecule has 2 rings (SSSR count). The van der Waals surface area contributed by atoms with Crippen molar-refractivity contribution in [3.8, 4) is 0 Å². The van der Waals surface area contributed by atoms with E-state index in [0.29, 0.717) is 12.1 Å². The molecule has 4 heteroatoms. The third-order valence-corrected chi connectivity index (χ3v) is 3.46. The molecule has 0 heterocycles. The van der Waals surface area contributed by atoms with Gasteiger partial charge in [0.15, 0.2) is 0 Å². The van der Waals surface area contributed by atoms with Gasteiger partial charge in [0, 0.05) is 30.7 Å². The van der Waals surface area contributed by atoms with Crippen LogP contribution in [0.15, 0.2) is 18.2 Å². The van der Waals surface area contributed by atoms with Crippen molar-refractivity contribution >= 4 is 0 Å². The Morgan fingerprint density at radius 3 is 2.35 bits per heavy atom. The lowest BCUT2D eigenvalue weighted by Gasteiger charge is -2.18. The average molecular weight is 241 g/mol. The Balaban J connectivity index is 1.97. The molecule has 2 nitrogen and oxygen atoms in total. The molecule has 1 saturated carbocycles. The second-order valence-electron chi connectivity index (χ2n) is 4.96. The Kier molecular flexibility index (Phi) is 3.45.